The highest BCUT2D eigenvalue weighted by molar-refractivity contribution is 5.67. The van der Waals surface area contributed by atoms with Gasteiger partial charge in [0.1, 0.15) is 0 Å². The van der Waals surface area contributed by atoms with E-state index in [4.69, 9.17) is 4.74 Å². The van der Waals surface area contributed by atoms with Crippen molar-refractivity contribution in [1.82, 2.24) is 4.90 Å². The molecule has 2 aliphatic heterocycles. The van der Waals surface area contributed by atoms with Crippen molar-refractivity contribution in [2.75, 3.05) is 32.9 Å². The zero-order chi connectivity index (χ0) is 16.4. The lowest BCUT2D eigenvalue weighted by atomic mass is 9.76. The average molecular weight is 323 g/mol. The third kappa shape index (κ3) is 2.88. The molecular weight excluding hydrogens is 298 g/mol. The summed E-state index contributed by atoms with van der Waals surface area (Å²) in [7, 11) is 0. The molecule has 0 unspecified atom stereocenters. The molecule has 126 valence electrons. The first-order valence-electron chi connectivity index (χ1n) is 8.85. The molecule has 0 amide bonds. The van der Waals surface area contributed by atoms with Crippen LogP contribution in [0.3, 0.4) is 0 Å². The molecule has 0 saturated carbocycles. The van der Waals surface area contributed by atoms with Crippen LogP contribution in [-0.4, -0.2) is 42.9 Å². The molecule has 2 fully saturated rings. The fraction of sp³-hybridized carbons (Fsp3) is 0.429. The van der Waals surface area contributed by atoms with E-state index in [1.165, 1.54) is 16.7 Å². The maximum absolute atomic E-state index is 9.96. The number of rotatable bonds is 4. The molecule has 2 aliphatic rings. The number of ether oxygens (including phenoxy) is 1. The van der Waals surface area contributed by atoms with Gasteiger partial charge in [-0.2, -0.15) is 0 Å². The van der Waals surface area contributed by atoms with Gasteiger partial charge in [-0.05, 0) is 29.0 Å². The van der Waals surface area contributed by atoms with Crippen molar-refractivity contribution in [2.45, 2.75) is 13.0 Å². The normalized spacial score (nSPS) is 27.1. The third-order valence-electron chi connectivity index (χ3n) is 5.69. The van der Waals surface area contributed by atoms with Crippen LogP contribution in [0.25, 0.3) is 11.1 Å². The Kier molecular flexibility index (Phi) is 4.40. The molecule has 0 aliphatic carbocycles. The number of likely N-dealkylation sites (tertiary alicyclic amines) is 1. The Balaban J connectivity index is 1.57. The highest BCUT2D eigenvalue weighted by Crippen LogP contribution is 2.41. The summed E-state index contributed by atoms with van der Waals surface area (Å²) < 4.78 is 5.68. The second-order valence-corrected chi connectivity index (χ2v) is 7.25. The maximum atomic E-state index is 9.96. The van der Waals surface area contributed by atoms with Crippen molar-refractivity contribution >= 4 is 0 Å². The standard InChI is InChI=1S/C21H25NO2/c23-15-21-14-22(13-19(21)10-11-24-16-21)12-18-8-4-5-9-20(18)17-6-2-1-3-7-17/h1-9,19,23H,10-16H2/t19-,21+/m0/s1. The van der Waals surface area contributed by atoms with Crippen LogP contribution in [-0.2, 0) is 11.3 Å². The minimum absolute atomic E-state index is 0.0556. The summed E-state index contributed by atoms with van der Waals surface area (Å²) in [6.45, 7) is 4.69. The van der Waals surface area contributed by atoms with Gasteiger partial charge in [-0.3, -0.25) is 4.90 Å². The van der Waals surface area contributed by atoms with Crippen LogP contribution in [0.1, 0.15) is 12.0 Å². The van der Waals surface area contributed by atoms with E-state index in [1.807, 2.05) is 0 Å². The van der Waals surface area contributed by atoms with Gasteiger partial charge in [0.05, 0.1) is 13.2 Å². The minimum atomic E-state index is -0.0556. The zero-order valence-electron chi connectivity index (χ0n) is 14.0. The number of fused-ring (bicyclic) bond motifs is 1. The highest BCUT2D eigenvalue weighted by atomic mass is 16.5. The molecule has 3 heteroatoms. The van der Waals surface area contributed by atoms with Crippen LogP contribution in [0.15, 0.2) is 54.6 Å². The van der Waals surface area contributed by atoms with E-state index in [0.717, 1.165) is 32.7 Å². The fourth-order valence-corrected chi connectivity index (χ4v) is 4.35. The van der Waals surface area contributed by atoms with Crippen molar-refractivity contribution in [3.8, 4) is 11.1 Å². The number of nitrogens with zero attached hydrogens (tertiary/aromatic N) is 1. The van der Waals surface area contributed by atoms with Gasteiger partial charge < -0.3 is 9.84 Å². The molecule has 4 rings (SSSR count). The summed E-state index contributed by atoms with van der Waals surface area (Å²) in [5, 5.41) is 9.96. The van der Waals surface area contributed by atoms with Crippen LogP contribution in [0.4, 0.5) is 0 Å². The molecule has 24 heavy (non-hydrogen) atoms. The van der Waals surface area contributed by atoms with Crippen LogP contribution < -0.4 is 0 Å². The number of aliphatic hydroxyl groups excluding tert-OH is 1. The average Bonchev–Trinajstić information content (AvgIpc) is 3.01. The summed E-state index contributed by atoms with van der Waals surface area (Å²) in [6.07, 6.45) is 1.07. The minimum Gasteiger partial charge on any atom is -0.396 e. The molecule has 2 saturated heterocycles. The Morgan fingerprint density at radius 2 is 1.88 bits per heavy atom. The van der Waals surface area contributed by atoms with Crippen molar-refractivity contribution in [3.05, 3.63) is 60.2 Å². The Labute approximate surface area is 143 Å². The van der Waals surface area contributed by atoms with Gasteiger partial charge in [-0.15, -0.1) is 0 Å². The van der Waals surface area contributed by atoms with E-state index in [-0.39, 0.29) is 12.0 Å². The SMILES string of the molecule is OC[C@]12COCC[C@H]1CN(Cc1ccccc1-c1ccccc1)C2. The number of aliphatic hydroxyl groups is 1. The first kappa shape index (κ1) is 15.8. The lowest BCUT2D eigenvalue weighted by Gasteiger charge is -2.36. The Bertz CT molecular complexity index is 687. The summed E-state index contributed by atoms with van der Waals surface area (Å²) in [5.41, 5.74) is 3.88. The fourth-order valence-electron chi connectivity index (χ4n) is 4.35. The summed E-state index contributed by atoms with van der Waals surface area (Å²) >= 11 is 0. The summed E-state index contributed by atoms with van der Waals surface area (Å²) in [6, 6.07) is 19.3. The van der Waals surface area contributed by atoms with Gasteiger partial charge in [0.25, 0.3) is 0 Å². The van der Waals surface area contributed by atoms with Crippen molar-refractivity contribution in [3.63, 3.8) is 0 Å². The Morgan fingerprint density at radius 3 is 2.67 bits per heavy atom. The van der Waals surface area contributed by atoms with Gasteiger partial charge in [-0.1, -0.05) is 54.6 Å². The molecule has 2 aromatic carbocycles. The van der Waals surface area contributed by atoms with E-state index < -0.39 is 0 Å². The molecule has 0 bridgehead atoms. The van der Waals surface area contributed by atoms with Crippen molar-refractivity contribution in [2.24, 2.45) is 11.3 Å². The quantitative estimate of drug-likeness (QED) is 0.938. The molecule has 0 aromatic heterocycles. The largest absolute Gasteiger partial charge is 0.396 e. The van der Waals surface area contributed by atoms with Gasteiger partial charge in [0, 0.05) is 31.7 Å². The first-order valence-corrected chi connectivity index (χ1v) is 8.85. The van der Waals surface area contributed by atoms with Gasteiger partial charge in [0.15, 0.2) is 0 Å². The lowest BCUT2D eigenvalue weighted by molar-refractivity contribution is -0.0561. The van der Waals surface area contributed by atoms with Crippen molar-refractivity contribution < 1.29 is 9.84 Å². The molecule has 2 atom stereocenters. The van der Waals surface area contributed by atoms with Gasteiger partial charge >= 0.3 is 0 Å². The number of benzene rings is 2. The second kappa shape index (κ2) is 6.67. The van der Waals surface area contributed by atoms with Crippen molar-refractivity contribution in [1.29, 1.82) is 0 Å². The smallest absolute Gasteiger partial charge is 0.0559 e. The van der Waals surface area contributed by atoms with Gasteiger partial charge in [0.2, 0.25) is 0 Å². The predicted octanol–water partition coefficient (Wildman–Crippen LogP) is 3.18. The van der Waals surface area contributed by atoms with E-state index in [2.05, 4.69) is 59.5 Å². The molecule has 1 N–H and O–H groups in total. The zero-order valence-corrected chi connectivity index (χ0v) is 14.0. The van der Waals surface area contributed by atoms with Gasteiger partial charge in [-0.25, -0.2) is 0 Å². The Morgan fingerprint density at radius 1 is 1.08 bits per heavy atom. The number of hydrogen-bond donors (Lipinski definition) is 1. The second-order valence-electron chi connectivity index (χ2n) is 7.25. The summed E-state index contributed by atoms with van der Waals surface area (Å²) in [4.78, 5) is 2.50. The molecule has 0 spiro atoms. The highest BCUT2D eigenvalue weighted by Gasteiger charge is 2.47. The molecular formula is C21H25NO2. The number of hydrogen-bond acceptors (Lipinski definition) is 3. The van der Waals surface area contributed by atoms with Crippen LogP contribution in [0, 0.1) is 11.3 Å². The first-order chi connectivity index (χ1) is 11.8. The topological polar surface area (TPSA) is 32.7 Å². The lowest BCUT2D eigenvalue weighted by Crippen LogP contribution is -2.42. The van der Waals surface area contributed by atoms with Crippen LogP contribution in [0.5, 0.6) is 0 Å². The van der Waals surface area contributed by atoms with Crippen LogP contribution >= 0.6 is 0 Å². The molecule has 2 heterocycles. The third-order valence-corrected chi connectivity index (χ3v) is 5.69. The van der Waals surface area contributed by atoms with Crippen LogP contribution in [0.2, 0.25) is 0 Å². The molecule has 2 aromatic rings. The van der Waals surface area contributed by atoms with E-state index >= 15 is 0 Å². The maximum Gasteiger partial charge on any atom is 0.0559 e. The van der Waals surface area contributed by atoms with E-state index in [0.29, 0.717) is 12.5 Å². The molecule has 0 radical (unpaired) electrons. The predicted molar refractivity (Wildman–Crippen MR) is 95.6 cm³/mol. The van der Waals surface area contributed by atoms with E-state index in [1.54, 1.807) is 0 Å². The monoisotopic (exact) mass is 323 g/mol. The Hall–Kier alpha value is -1.68. The van der Waals surface area contributed by atoms with E-state index in [9.17, 15) is 5.11 Å². The molecule has 3 nitrogen and oxygen atoms in total. The summed E-state index contributed by atoms with van der Waals surface area (Å²) in [5.74, 6) is 0.556.